The third kappa shape index (κ3) is 12.4. The van der Waals surface area contributed by atoms with Crippen LogP contribution in [0.2, 0.25) is 0 Å². The summed E-state index contributed by atoms with van der Waals surface area (Å²) in [4.78, 5) is 95.3. The van der Waals surface area contributed by atoms with Gasteiger partial charge in [0.15, 0.2) is 0 Å². The Balaban J connectivity index is 1.22. The van der Waals surface area contributed by atoms with E-state index in [1.807, 2.05) is 48.5 Å². The molecule has 5 amide bonds. The Kier molecular flexibility index (Phi) is 16.0. The first-order valence-electron chi connectivity index (χ1n) is 21.2. The summed E-state index contributed by atoms with van der Waals surface area (Å²) in [5.41, 5.74) is 16.2. The van der Waals surface area contributed by atoms with Gasteiger partial charge in [0.05, 0.1) is 18.1 Å². The average molecular weight is 874 g/mol. The Hall–Kier alpha value is -7.31. The number of carboxylic acids is 1. The van der Waals surface area contributed by atoms with Crippen LogP contribution in [0.4, 0.5) is 0 Å². The Morgan fingerprint density at radius 2 is 1.12 bits per heavy atom. The van der Waals surface area contributed by atoms with Crippen molar-refractivity contribution in [1.29, 1.82) is 0 Å². The second kappa shape index (κ2) is 22.2. The number of aromatic amines is 3. The Morgan fingerprint density at radius 3 is 1.69 bits per heavy atom. The molecular weight excluding hydrogens is 819 g/mol. The van der Waals surface area contributed by atoms with Crippen LogP contribution >= 0.6 is 0 Å². The highest BCUT2D eigenvalue weighted by Crippen LogP contribution is 2.21. The lowest BCUT2D eigenvalue weighted by Crippen LogP contribution is -2.59. The smallest absolute Gasteiger partial charge is 0.326 e. The minimum atomic E-state index is -1.28. The number of aromatic nitrogens is 4. The van der Waals surface area contributed by atoms with E-state index in [9.17, 15) is 33.9 Å². The monoisotopic (exact) mass is 873 g/mol. The van der Waals surface area contributed by atoms with E-state index in [1.165, 1.54) is 13.3 Å². The number of nitrogens with zero attached hydrogens (tertiary/aromatic N) is 1. The number of amides is 5. The van der Waals surface area contributed by atoms with Crippen LogP contribution in [0.5, 0.6) is 0 Å². The number of nitrogens with one attached hydrogen (secondary N) is 8. The van der Waals surface area contributed by atoms with Gasteiger partial charge in [-0.15, -0.1) is 0 Å². The maximum atomic E-state index is 14.4. The molecule has 0 bridgehead atoms. The van der Waals surface area contributed by atoms with Crippen LogP contribution in [0.3, 0.4) is 0 Å². The van der Waals surface area contributed by atoms with Gasteiger partial charge in [-0.05, 0) is 61.6 Å². The van der Waals surface area contributed by atoms with E-state index in [-0.39, 0.29) is 32.1 Å². The first-order valence-corrected chi connectivity index (χ1v) is 21.2. The van der Waals surface area contributed by atoms with Crippen LogP contribution in [0.1, 0.15) is 48.6 Å². The van der Waals surface area contributed by atoms with Crippen LogP contribution in [-0.4, -0.2) is 103 Å². The molecule has 0 saturated heterocycles. The van der Waals surface area contributed by atoms with Crippen LogP contribution in [0, 0.1) is 0 Å². The summed E-state index contributed by atoms with van der Waals surface area (Å²) in [5.74, 6) is -4.67. The Labute approximate surface area is 369 Å². The Morgan fingerprint density at radius 1 is 0.609 bits per heavy atom. The standard InChI is InChI=1S/C46H55N11O7/c1-27(53-43(60)39(20-29-23-50-35-15-7-5-13-32(29)35)56-42(59)34(48)22-31-25-49-26-52-31)41(58)55-40(21-30-24-51-36-16-8-6-14-33(30)36)45(62)57-38(19-28-11-3-2-4-12-28)44(61)54-37(46(63)64)17-9-10-18-47/h2-8,11-16,23-27,34,37-40,50-51H,9-10,17-22,47-48H2,1H3,(H,49,52)(H,53,60)(H,54,61)(H,55,58)(H,56,59)(H,57,62)(H,63,64)/t27-,34-,37-,38+,39+,40-/m0/s1. The van der Waals surface area contributed by atoms with E-state index in [2.05, 4.69) is 46.5 Å². The summed E-state index contributed by atoms with van der Waals surface area (Å²) >= 11 is 0. The van der Waals surface area contributed by atoms with Gasteiger partial charge in [0, 0.05) is 66.1 Å². The van der Waals surface area contributed by atoms with E-state index >= 15 is 0 Å². The number of fused-ring (bicyclic) bond motifs is 2. The molecule has 3 aromatic heterocycles. The van der Waals surface area contributed by atoms with E-state index in [0.29, 0.717) is 36.2 Å². The van der Waals surface area contributed by atoms with E-state index in [1.54, 1.807) is 48.9 Å². The molecule has 0 aliphatic carbocycles. The predicted molar refractivity (Wildman–Crippen MR) is 240 cm³/mol. The fraction of sp³-hybridized carbons (Fsp3) is 0.326. The number of benzene rings is 3. The van der Waals surface area contributed by atoms with Crippen LogP contribution in [0.15, 0.2) is 104 Å². The number of hydrogen-bond donors (Lipinski definition) is 11. The minimum Gasteiger partial charge on any atom is -0.480 e. The highest BCUT2D eigenvalue weighted by atomic mass is 16.4. The van der Waals surface area contributed by atoms with Gasteiger partial charge in [-0.1, -0.05) is 66.7 Å². The number of para-hydroxylation sites is 2. The van der Waals surface area contributed by atoms with Crippen molar-refractivity contribution in [2.24, 2.45) is 11.5 Å². The SMILES string of the molecule is C[C@H](NC(=O)[C@@H](Cc1c[nH]c2ccccc12)NC(=O)[C@@H](N)Cc1c[nH]cn1)C(=O)N[C@@H](Cc1c[nH]c2ccccc12)C(=O)N[C@H](Cc1ccccc1)C(=O)N[C@@H](CCCCN)C(=O)O. The summed E-state index contributed by atoms with van der Waals surface area (Å²) < 4.78 is 0. The summed E-state index contributed by atoms with van der Waals surface area (Å²) in [6, 6.07) is 16.7. The van der Waals surface area contributed by atoms with Crippen molar-refractivity contribution in [3.05, 3.63) is 126 Å². The Bertz CT molecular complexity index is 2520. The number of rotatable bonds is 23. The lowest BCUT2D eigenvalue weighted by Gasteiger charge is -2.26. The average Bonchev–Trinajstić information content (AvgIpc) is 4.06. The molecule has 336 valence electrons. The third-order valence-electron chi connectivity index (χ3n) is 11.0. The van der Waals surface area contributed by atoms with Crippen molar-refractivity contribution >= 4 is 57.3 Å². The molecular formula is C46H55N11O7. The van der Waals surface area contributed by atoms with E-state index < -0.39 is 71.8 Å². The number of imidazole rings is 1. The number of carbonyl (C=O) groups excluding carboxylic acids is 5. The van der Waals surface area contributed by atoms with Crippen molar-refractivity contribution in [3.63, 3.8) is 0 Å². The normalized spacial score (nSPS) is 14.1. The molecule has 0 spiro atoms. The zero-order valence-corrected chi connectivity index (χ0v) is 35.4. The second-order valence-corrected chi connectivity index (χ2v) is 15.8. The molecule has 3 heterocycles. The number of unbranched alkanes of at least 4 members (excludes halogenated alkanes) is 1. The molecule has 6 rings (SSSR count). The molecule has 0 saturated carbocycles. The van der Waals surface area contributed by atoms with E-state index in [0.717, 1.165) is 27.4 Å². The maximum absolute atomic E-state index is 14.4. The number of hydrogen-bond acceptors (Lipinski definition) is 9. The van der Waals surface area contributed by atoms with Gasteiger partial charge < -0.3 is 58.1 Å². The molecule has 0 aliphatic heterocycles. The van der Waals surface area contributed by atoms with Crippen molar-refractivity contribution < 1.29 is 33.9 Å². The van der Waals surface area contributed by atoms with Crippen LogP contribution in [-0.2, 0) is 54.5 Å². The summed E-state index contributed by atoms with van der Waals surface area (Å²) in [6.07, 6.45) is 7.89. The molecule has 0 radical (unpaired) electrons. The summed E-state index contributed by atoms with van der Waals surface area (Å²) in [7, 11) is 0. The fourth-order valence-electron chi connectivity index (χ4n) is 7.49. The fourth-order valence-corrected chi connectivity index (χ4v) is 7.49. The van der Waals surface area contributed by atoms with Crippen molar-refractivity contribution in [3.8, 4) is 0 Å². The zero-order chi connectivity index (χ0) is 45.6. The third-order valence-corrected chi connectivity index (χ3v) is 11.0. The van der Waals surface area contributed by atoms with E-state index in [4.69, 9.17) is 11.5 Å². The molecule has 13 N–H and O–H groups in total. The van der Waals surface area contributed by atoms with Gasteiger partial charge in [-0.25, -0.2) is 9.78 Å². The molecule has 18 heteroatoms. The van der Waals surface area contributed by atoms with Gasteiger partial charge in [0.2, 0.25) is 29.5 Å². The maximum Gasteiger partial charge on any atom is 0.326 e. The lowest BCUT2D eigenvalue weighted by molar-refractivity contribution is -0.142. The minimum absolute atomic E-state index is 0.0165. The topological polar surface area (TPSA) is 295 Å². The lowest BCUT2D eigenvalue weighted by atomic mass is 10.0. The largest absolute Gasteiger partial charge is 0.480 e. The van der Waals surface area contributed by atoms with Crippen molar-refractivity contribution in [1.82, 2.24) is 46.5 Å². The second-order valence-electron chi connectivity index (χ2n) is 15.8. The number of nitrogens with two attached hydrogens (primary N) is 2. The van der Waals surface area contributed by atoms with Crippen LogP contribution < -0.4 is 38.1 Å². The molecule has 64 heavy (non-hydrogen) atoms. The molecule has 0 fully saturated rings. The molecule has 3 aromatic carbocycles. The van der Waals surface area contributed by atoms with Gasteiger partial charge >= 0.3 is 5.97 Å². The van der Waals surface area contributed by atoms with Gasteiger partial charge in [0.25, 0.3) is 0 Å². The van der Waals surface area contributed by atoms with Crippen LogP contribution in [0.25, 0.3) is 21.8 Å². The molecule has 6 atom stereocenters. The molecule has 6 aromatic rings. The highest BCUT2D eigenvalue weighted by molar-refractivity contribution is 5.97. The molecule has 0 aliphatic rings. The first kappa shape index (κ1) is 46.2. The first-order chi connectivity index (χ1) is 30.9. The number of aliphatic carboxylic acids is 1. The number of carbonyl (C=O) groups is 6. The van der Waals surface area contributed by atoms with Crippen molar-refractivity contribution in [2.75, 3.05) is 6.54 Å². The summed E-state index contributed by atoms with van der Waals surface area (Å²) in [6.45, 7) is 1.81. The summed E-state index contributed by atoms with van der Waals surface area (Å²) in [5, 5.41) is 25.2. The zero-order valence-electron chi connectivity index (χ0n) is 35.4. The quantitative estimate of drug-likeness (QED) is 0.0414. The van der Waals surface area contributed by atoms with Gasteiger partial charge in [-0.3, -0.25) is 24.0 Å². The predicted octanol–water partition coefficient (Wildman–Crippen LogP) is 1.63. The van der Waals surface area contributed by atoms with Gasteiger partial charge in [0.1, 0.15) is 30.2 Å². The number of carboxylic acid groups (broad SMARTS) is 1. The molecule has 18 nitrogen and oxygen atoms in total. The number of H-pyrrole nitrogens is 3. The molecule has 0 unspecified atom stereocenters. The highest BCUT2D eigenvalue weighted by Gasteiger charge is 2.33. The van der Waals surface area contributed by atoms with Gasteiger partial charge in [-0.2, -0.15) is 0 Å². The van der Waals surface area contributed by atoms with Crippen molar-refractivity contribution in [2.45, 2.75) is 88.1 Å².